The first-order chi connectivity index (χ1) is 7.55. The molecule has 0 fully saturated rings. The summed E-state index contributed by atoms with van der Waals surface area (Å²) in [7, 11) is 0. The van der Waals surface area contributed by atoms with Crippen molar-refractivity contribution in [2.24, 2.45) is 11.5 Å². The highest BCUT2D eigenvalue weighted by Crippen LogP contribution is 2.34. The second-order valence-electron chi connectivity index (χ2n) is 3.98. The number of carbonyl (C=O) groups excluding carboxylic acids is 1. The fourth-order valence-corrected chi connectivity index (χ4v) is 2.30. The van der Waals surface area contributed by atoms with Crippen LogP contribution in [0, 0.1) is 0 Å². The molecule has 0 saturated carbocycles. The second kappa shape index (κ2) is 3.92. The molecule has 1 aliphatic carbocycles. The van der Waals surface area contributed by atoms with Gasteiger partial charge in [0.15, 0.2) is 0 Å². The maximum absolute atomic E-state index is 12.0. The first kappa shape index (κ1) is 11.2. The maximum Gasteiger partial charge on any atom is 0.202 e. The van der Waals surface area contributed by atoms with Crippen molar-refractivity contribution in [1.29, 1.82) is 0 Å². The number of halogens is 1. The highest BCUT2D eigenvalue weighted by Gasteiger charge is 2.39. The van der Waals surface area contributed by atoms with E-state index in [0.29, 0.717) is 23.4 Å². The van der Waals surface area contributed by atoms with Crippen LogP contribution in [0.3, 0.4) is 0 Å². The molecule has 2 rings (SSSR count). The molecule has 4 N–H and O–H groups in total. The van der Waals surface area contributed by atoms with E-state index in [-0.39, 0.29) is 11.5 Å². The van der Waals surface area contributed by atoms with Crippen molar-refractivity contribution >= 4 is 17.4 Å². The second-order valence-corrected chi connectivity index (χ2v) is 4.39. The molecule has 16 heavy (non-hydrogen) atoms. The van der Waals surface area contributed by atoms with Gasteiger partial charge in [-0.15, -0.1) is 0 Å². The summed E-state index contributed by atoms with van der Waals surface area (Å²) in [6, 6.07) is 7.13. The lowest BCUT2D eigenvalue weighted by Crippen LogP contribution is -2.48. The fraction of sp³-hybridized carbons (Fsp3) is 0.250. The van der Waals surface area contributed by atoms with Gasteiger partial charge >= 0.3 is 0 Å². The molecule has 0 amide bonds. The maximum atomic E-state index is 12.0. The normalized spacial score (nSPS) is 25.4. The van der Waals surface area contributed by atoms with Crippen LogP contribution in [0.1, 0.15) is 18.4 Å². The van der Waals surface area contributed by atoms with Crippen LogP contribution in [0.15, 0.2) is 36.0 Å². The predicted octanol–water partition coefficient (Wildman–Crippen LogP) is 1.70. The topological polar surface area (TPSA) is 69.1 Å². The van der Waals surface area contributed by atoms with Crippen molar-refractivity contribution in [1.82, 2.24) is 0 Å². The molecular weight excluding hydrogens is 224 g/mol. The van der Waals surface area contributed by atoms with Gasteiger partial charge in [-0.2, -0.15) is 0 Å². The van der Waals surface area contributed by atoms with Crippen LogP contribution in [0.2, 0.25) is 5.02 Å². The van der Waals surface area contributed by atoms with Crippen LogP contribution < -0.4 is 11.5 Å². The van der Waals surface area contributed by atoms with Crippen LogP contribution in [0.25, 0.3) is 0 Å². The summed E-state index contributed by atoms with van der Waals surface area (Å²) in [4.78, 5) is 12.0. The van der Waals surface area contributed by atoms with Gasteiger partial charge in [-0.25, -0.2) is 0 Å². The summed E-state index contributed by atoms with van der Waals surface area (Å²) in [6.45, 7) is 0. The van der Waals surface area contributed by atoms with Gasteiger partial charge in [-0.05, 0) is 24.5 Å². The zero-order valence-electron chi connectivity index (χ0n) is 8.74. The number of Topliss-reactive ketones (excluding diaryl/α,β-unsaturated/α-hetero) is 1. The average molecular weight is 237 g/mol. The summed E-state index contributed by atoms with van der Waals surface area (Å²) in [6.07, 6.45) is 2.94. The predicted molar refractivity (Wildman–Crippen MR) is 63.8 cm³/mol. The molecule has 1 aliphatic rings. The number of ketones is 1. The Labute approximate surface area is 99.1 Å². The van der Waals surface area contributed by atoms with E-state index in [2.05, 4.69) is 0 Å². The van der Waals surface area contributed by atoms with E-state index >= 15 is 0 Å². The van der Waals surface area contributed by atoms with Crippen LogP contribution in [0.5, 0.6) is 0 Å². The summed E-state index contributed by atoms with van der Waals surface area (Å²) < 4.78 is 0. The Hall–Kier alpha value is -1.32. The third-order valence-electron chi connectivity index (χ3n) is 2.92. The lowest BCUT2D eigenvalue weighted by atomic mass is 9.78. The average Bonchev–Trinajstić information content (AvgIpc) is 2.26. The largest absolute Gasteiger partial charge is 0.396 e. The van der Waals surface area contributed by atoms with Crippen molar-refractivity contribution < 1.29 is 4.79 Å². The molecule has 0 aliphatic heterocycles. The molecule has 0 heterocycles. The molecule has 1 unspecified atom stereocenters. The Bertz CT molecular complexity index is 470. The molecule has 0 saturated heterocycles. The highest BCUT2D eigenvalue weighted by molar-refractivity contribution is 6.32. The smallest absolute Gasteiger partial charge is 0.202 e. The van der Waals surface area contributed by atoms with Crippen LogP contribution in [-0.4, -0.2) is 5.78 Å². The van der Waals surface area contributed by atoms with Crippen LogP contribution in [0.4, 0.5) is 0 Å². The van der Waals surface area contributed by atoms with Crippen molar-refractivity contribution in [2.45, 2.75) is 18.4 Å². The molecule has 1 aromatic carbocycles. The number of allylic oxidation sites excluding steroid dienone is 1. The van der Waals surface area contributed by atoms with Gasteiger partial charge in [0.25, 0.3) is 0 Å². The van der Waals surface area contributed by atoms with Gasteiger partial charge < -0.3 is 11.5 Å². The lowest BCUT2D eigenvalue weighted by Gasteiger charge is -2.31. The molecule has 84 valence electrons. The molecule has 0 aromatic heterocycles. The first-order valence-corrected chi connectivity index (χ1v) is 5.48. The van der Waals surface area contributed by atoms with Gasteiger partial charge in [-0.3, -0.25) is 4.79 Å². The first-order valence-electron chi connectivity index (χ1n) is 5.10. The highest BCUT2D eigenvalue weighted by atomic mass is 35.5. The SMILES string of the molecule is NC1=CCCC(N)(c2ccccc2Cl)C1=O. The fourth-order valence-electron chi connectivity index (χ4n) is 2.00. The molecule has 0 bridgehead atoms. The van der Waals surface area contributed by atoms with E-state index in [1.165, 1.54) is 0 Å². The minimum atomic E-state index is -1.07. The monoisotopic (exact) mass is 236 g/mol. The van der Waals surface area contributed by atoms with E-state index in [1.54, 1.807) is 18.2 Å². The minimum Gasteiger partial charge on any atom is -0.396 e. The molecule has 3 nitrogen and oxygen atoms in total. The number of hydrogen-bond acceptors (Lipinski definition) is 3. The quantitative estimate of drug-likeness (QED) is 0.780. The Morgan fingerprint density at radius 3 is 2.69 bits per heavy atom. The van der Waals surface area contributed by atoms with Crippen molar-refractivity contribution in [3.05, 3.63) is 46.6 Å². The van der Waals surface area contributed by atoms with E-state index < -0.39 is 5.54 Å². The van der Waals surface area contributed by atoms with E-state index in [4.69, 9.17) is 23.1 Å². The van der Waals surface area contributed by atoms with Gasteiger partial charge in [0, 0.05) is 5.02 Å². The Balaban J connectivity index is 2.51. The minimum absolute atomic E-state index is 0.230. The summed E-state index contributed by atoms with van der Waals surface area (Å²) in [5.74, 6) is -0.244. The zero-order chi connectivity index (χ0) is 11.8. The summed E-state index contributed by atoms with van der Waals surface area (Å²) >= 11 is 6.07. The molecule has 1 atom stereocenters. The van der Waals surface area contributed by atoms with Crippen LogP contribution >= 0.6 is 11.6 Å². The number of rotatable bonds is 1. The van der Waals surface area contributed by atoms with Crippen molar-refractivity contribution in [2.75, 3.05) is 0 Å². The van der Waals surface area contributed by atoms with Crippen molar-refractivity contribution in [3.63, 3.8) is 0 Å². The molecule has 0 radical (unpaired) electrons. The third kappa shape index (κ3) is 1.62. The summed E-state index contributed by atoms with van der Waals surface area (Å²) in [5, 5.41) is 0.507. The lowest BCUT2D eigenvalue weighted by molar-refractivity contribution is -0.121. The number of hydrogen-bond donors (Lipinski definition) is 2. The molecule has 1 aromatic rings. The van der Waals surface area contributed by atoms with Gasteiger partial charge in [0.2, 0.25) is 5.78 Å². The van der Waals surface area contributed by atoms with E-state index in [9.17, 15) is 4.79 Å². The zero-order valence-corrected chi connectivity index (χ0v) is 9.50. The Morgan fingerprint density at radius 1 is 1.31 bits per heavy atom. The molecular formula is C12H13ClN2O. The van der Waals surface area contributed by atoms with E-state index in [1.807, 2.05) is 12.1 Å². The summed E-state index contributed by atoms with van der Waals surface area (Å²) in [5.41, 5.74) is 11.6. The number of benzene rings is 1. The number of nitrogens with two attached hydrogens (primary N) is 2. The Kier molecular flexibility index (Phi) is 2.74. The van der Waals surface area contributed by atoms with E-state index in [0.717, 1.165) is 0 Å². The molecule has 4 heteroatoms. The number of carbonyl (C=O) groups is 1. The Morgan fingerprint density at radius 2 is 2.00 bits per heavy atom. The van der Waals surface area contributed by atoms with Gasteiger partial charge in [-0.1, -0.05) is 35.9 Å². The van der Waals surface area contributed by atoms with Crippen LogP contribution in [-0.2, 0) is 10.3 Å². The van der Waals surface area contributed by atoms with Gasteiger partial charge in [0.1, 0.15) is 5.54 Å². The molecule has 0 spiro atoms. The van der Waals surface area contributed by atoms with Crippen molar-refractivity contribution in [3.8, 4) is 0 Å². The third-order valence-corrected chi connectivity index (χ3v) is 3.25. The standard InChI is InChI=1S/C12H13ClN2O/c13-9-5-2-1-4-8(9)12(15)7-3-6-10(14)11(12)16/h1-2,4-6H,3,7,14-15H2. The van der Waals surface area contributed by atoms with Gasteiger partial charge in [0.05, 0.1) is 5.70 Å².